The third-order valence-corrected chi connectivity index (χ3v) is 1.79. The van der Waals surface area contributed by atoms with Gasteiger partial charge in [-0.25, -0.2) is 0 Å². The maximum absolute atomic E-state index is 10.3. The molecule has 0 bridgehead atoms. The summed E-state index contributed by atoms with van der Waals surface area (Å²) in [4.78, 5) is 0. The normalized spacial score (nSPS) is 39.6. The van der Waals surface area contributed by atoms with E-state index in [0.717, 1.165) is 6.42 Å². The summed E-state index contributed by atoms with van der Waals surface area (Å²) >= 11 is -1.47. The van der Waals surface area contributed by atoms with Crippen molar-refractivity contribution in [3.8, 4) is 0 Å². The Balaban J connectivity index is 2.34. The molecule has 0 aliphatic carbocycles. The Morgan fingerprint density at radius 3 is 2.88 bits per heavy atom. The minimum absolute atomic E-state index is 0.0876. The SMILES string of the molecule is C[C@H]1CCOS(=O)O1. The van der Waals surface area contributed by atoms with Crippen molar-refractivity contribution < 1.29 is 12.6 Å². The summed E-state index contributed by atoms with van der Waals surface area (Å²) in [6, 6.07) is 0. The second kappa shape index (κ2) is 2.57. The van der Waals surface area contributed by atoms with Gasteiger partial charge in [-0.15, -0.1) is 0 Å². The van der Waals surface area contributed by atoms with Gasteiger partial charge in [0, 0.05) is 0 Å². The van der Waals surface area contributed by atoms with E-state index in [1.807, 2.05) is 6.92 Å². The third kappa shape index (κ3) is 1.54. The van der Waals surface area contributed by atoms with Crippen LogP contribution in [0.25, 0.3) is 0 Å². The molecule has 1 unspecified atom stereocenters. The molecule has 1 aliphatic rings. The Bertz CT molecular complexity index is 103. The summed E-state index contributed by atoms with van der Waals surface area (Å²) in [5.41, 5.74) is 0. The van der Waals surface area contributed by atoms with Gasteiger partial charge >= 0.3 is 11.4 Å². The average Bonchev–Trinajstić information content (AvgIpc) is 1.64. The molecule has 0 saturated carbocycles. The average molecular weight is 136 g/mol. The van der Waals surface area contributed by atoms with E-state index in [-0.39, 0.29) is 6.10 Å². The molecule has 1 heterocycles. The molecule has 1 rings (SSSR count). The zero-order valence-corrected chi connectivity index (χ0v) is 5.44. The maximum Gasteiger partial charge on any atom is 0.304 e. The van der Waals surface area contributed by atoms with Crippen molar-refractivity contribution in [1.29, 1.82) is 0 Å². The van der Waals surface area contributed by atoms with Gasteiger partial charge in [-0.3, -0.25) is 8.37 Å². The van der Waals surface area contributed by atoms with E-state index >= 15 is 0 Å². The lowest BCUT2D eigenvalue weighted by Gasteiger charge is -2.15. The highest BCUT2D eigenvalue weighted by Crippen LogP contribution is 2.08. The third-order valence-electron chi connectivity index (χ3n) is 0.947. The summed E-state index contributed by atoms with van der Waals surface area (Å²) in [6.45, 7) is 2.42. The monoisotopic (exact) mass is 136 g/mol. The lowest BCUT2D eigenvalue weighted by molar-refractivity contribution is 0.125. The molecular weight excluding hydrogens is 128 g/mol. The van der Waals surface area contributed by atoms with Crippen LogP contribution in [0.3, 0.4) is 0 Å². The fourth-order valence-corrected chi connectivity index (χ4v) is 1.14. The summed E-state index contributed by atoms with van der Waals surface area (Å²) in [6.07, 6.45) is 0.927. The van der Waals surface area contributed by atoms with Crippen LogP contribution < -0.4 is 0 Å². The Kier molecular flexibility index (Phi) is 1.99. The van der Waals surface area contributed by atoms with Crippen molar-refractivity contribution in [2.75, 3.05) is 6.61 Å². The van der Waals surface area contributed by atoms with Crippen LogP contribution in [-0.4, -0.2) is 16.9 Å². The van der Waals surface area contributed by atoms with Crippen LogP contribution >= 0.6 is 0 Å². The van der Waals surface area contributed by atoms with Gasteiger partial charge in [0.25, 0.3) is 0 Å². The molecule has 0 N–H and O–H groups in total. The first-order valence-electron chi connectivity index (χ1n) is 2.51. The van der Waals surface area contributed by atoms with Crippen molar-refractivity contribution >= 4 is 11.4 Å². The lowest BCUT2D eigenvalue weighted by Crippen LogP contribution is -2.21. The Morgan fingerprint density at radius 2 is 2.50 bits per heavy atom. The molecule has 8 heavy (non-hydrogen) atoms. The quantitative estimate of drug-likeness (QED) is 0.483. The molecule has 4 heteroatoms. The molecular formula is C4H8O3S. The number of rotatable bonds is 0. The van der Waals surface area contributed by atoms with E-state index in [9.17, 15) is 4.21 Å². The molecule has 0 aromatic heterocycles. The van der Waals surface area contributed by atoms with Gasteiger partial charge in [0.1, 0.15) is 0 Å². The fraction of sp³-hybridized carbons (Fsp3) is 1.00. The molecule has 0 aromatic rings. The molecule has 0 amide bonds. The smallest absolute Gasteiger partial charge is 0.268 e. The molecule has 1 saturated heterocycles. The van der Waals surface area contributed by atoms with E-state index < -0.39 is 11.4 Å². The molecule has 0 aromatic carbocycles. The maximum atomic E-state index is 10.3. The van der Waals surface area contributed by atoms with Crippen LogP contribution in [0, 0.1) is 0 Å². The second-order valence-electron chi connectivity index (χ2n) is 1.72. The minimum Gasteiger partial charge on any atom is -0.268 e. The van der Waals surface area contributed by atoms with Crippen LogP contribution in [0.2, 0.25) is 0 Å². The van der Waals surface area contributed by atoms with E-state index in [1.54, 1.807) is 0 Å². The van der Waals surface area contributed by atoms with Gasteiger partial charge in [0.05, 0.1) is 12.7 Å². The highest BCUT2D eigenvalue weighted by atomic mass is 32.2. The van der Waals surface area contributed by atoms with Crippen molar-refractivity contribution in [3.05, 3.63) is 0 Å². The molecule has 48 valence electrons. The summed E-state index contributed by atoms with van der Waals surface area (Å²) in [5.74, 6) is 0. The zero-order valence-electron chi connectivity index (χ0n) is 4.62. The van der Waals surface area contributed by atoms with Crippen LogP contribution in [0.4, 0.5) is 0 Å². The van der Waals surface area contributed by atoms with E-state index in [1.165, 1.54) is 0 Å². The highest BCUT2D eigenvalue weighted by Gasteiger charge is 2.14. The van der Waals surface area contributed by atoms with Gasteiger partial charge in [0.15, 0.2) is 0 Å². The summed E-state index contributed by atoms with van der Waals surface area (Å²) in [5, 5.41) is 0. The van der Waals surface area contributed by atoms with Crippen molar-refractivity contribution in [3.63, 3.8) is 0 Å². The van der Waals surface area contributed by atoms with Gasteiger partial charge in [0.2, 0.25) is 0 Å². The minimum atomic E-state index is -1.47. The van der Waals surface area contributed by atoms with E-state index in [0.29, 0.717) is 6.61 Å². The predicted octanol–water partition coefficient (Wildman–Crippen LogP) is 0.391. The predicted molar refractivity (Wildman–Crippen MR) is 29.3 cm³/mol. The first-order valence-corrected chi connectivity index (χ1v) is 3.51. The zero-order chi connectivity index (χ0) is 5.98. The van der Waals surface area contributed by atoms with Gasteiger partial charge in [-0.2, -0.15) is 4.21 Å². The van der Waals surface area contributed by atoms with E-state index in [4.69, 9.17) is 4.18 Å². The molecule has 3 nitrogen and oxygen atoms in total. The number of hydrogen-bond acceptors (Lipinski definition) is 3. The molecule has 1 aliphatic heterocycles. The van der Waals surface area contributed by atoms with Crippen LogP contribution in [0.1, 0.15) is 13.3 Å². The largest absolute Gasteiger partial charge is 0.304 e. The Hall–Kier alpha value is 0.0700. The van der Waals surface area contributed by atoms with Crippen LogP contribution in [0.5, 0.6) is 0 Å². The second-order valence-corrected chi connectivity index (χ2v) is 2.56. The molecule has 2 atom stereocenters. The molecule has 1 fully saturated rings. The summed E-state index contributed by atoms with van der Waals surface area (Å²) < 4.78 is 19.7. The van der Waals surface area contributed by atoms with Crippen LogP contribution in [-0.2, 0) is 19.7 Å². The fourth-order valence-electron chi connectivity index (χ4n) is 0.492. The topological polar surface area (TPSA) is 35.5 Å². The van der Waals surface area contributed by atoms with E-state index in [2.05, 4.69) is 4.18 Å². The van der Waals surface area contributed by atoms with Crippen molar-refractivity contribution in [2.45, 2.75) is 19.4 Å². The van der Waals surface area contributed by atoms with Gasteiger partial charge in [-0.1, -0.05) is 0 Å². The first kappa shape index (κ1) is 6.19. The van der Waals surface area contributed by atoms with Gasteiger partial charge < -0.3 is 0 Å². The Morgan fingerprint density at radius 1 is 1.75 bits per heavy atom. The lowest BCUT2D eigenvalue weighted by atomic mass is 10.3. The molecule has 0 spiro atoms. The van der Waals surface area contributed by atoms with Gasteiger partial charge in [-0.05, 0) is 13.3 Å². The van der Waals surface area contributed by atoms with Crippen molar-refractivity contribution in [1.82, 2.24) is 0 Å². The van der Waals surface area contributed by atoms with Crippen LogP contribution in [0.15, 0.2) is 0 Å². The summed E-state index contributed by atoms with van der Waals surface area (Å²) in [7, 11) is 0. The highest BCUT2D eigenvalue weighted by molar-refractivity contribution is 7.75. The number of hydrogen-bond donors (Lipinski definition) is 0. The Labute approximate surface area is 50.8 Å². The molecule has 0 radical (unpaired) electrons. The first-order chi connectivity index (χ1) is 3.79. The van der Waals surface area contributed by atoms with Crippen molar-refractivity contribution in [2.24, 2.45) is 0 Å². The standard InChI is InChI=1S/C4H8O3S/c1-4-2-3-6-8(5)7-4/h4H,2-3H2,1H3/t4-,8?/m0/s1.